The predicted molar refractivity (Wildman–Crippen MR) is 64.0 cm³/mol. The summed E-state index contributed by atoms with van der Waals surface area (Å²) in [5.41, 5.74) is 0.727. The Bertz CT molecular complexity index is 424. The van der Waals surface area contributed by atoms with Crippen LogP contribution in [0, 0.1) is 0 Å². The summed E-state index contributed by atoms with van der Waals surface area (Å²) >= 11 is 0. The van der Waals surface area contributed by atoms with Gasteiger partial charge in [-0.1, -0.05) is 12.1 Å². The van der Waals surface area contributed by atoms with Gasteiger partial charge in [-0.25, -0.2) is 4.39 Å². The molecular formula is C13H16FNO3. The van der Waals surface area contributed by atoms with Crippen molar-refractivity contribution in [2.24, 2.45) is 0 Å². The topological polar surface area (TPSA) is 49.8 Å². The second-order valence-electron chi connectivity index (χ2n) is 4.32. The lowest BCUT2D eigenvalue weighted by atomic mass is 10.2. The third-order valence-corrected chi connectivity index (χ3v) is 2.93. The molecule has 1 aliphatic heterocycles. The molecule has 0 saturated carbocycles. The molecule has 1 fully saturated rings. The van der Waals surface area contributed by atoms with Crippen molar-refractivity contribution in [3.8, 4) is 5.75 Å². The second kappa shape index (κ2) is 5.82. The average molecular weight is 253 g/mol. The number of amides is 1. The molecule has 1 saturated heterocycles. The van der Waals surface area contributed by atoms with Crippen molar-refractivity contribution in [1.82, 2.24) is 4.90 Å². The van der Waals surface area contributed by atoms with Gasteiger partial charge >= 0.3 is 0 Å². The van der Waals surface area contributed by atoms with Crippen LogP contribution < -0.4 is 4.74 Å². The van der Waals surface area contributed by atoms with Gasteiger partial charge in [-0.05, 0) is 24.1 Å². The summed E-state index contributed by atoms with van der Waals surface area (Å²) in [7, 11) is 0. The zero-order chi connectivity index (χ0) is 13.0. The highest BCUT2D eigenvalue weighted by Gasteiger charge is 2.25. The number of halogens is 1. The van der Waals surface area contributed by atoms with Crippen LogP contribution >= 0.6 is 0 Å². The Balaban J connectivity index is 1.85. The van der Waals surface area contributed by atoms with E-state index in [1.54, 1.807) is 24.3 Å². The van der Waals surface area contributed by atoms with Crippen LogP contribution in [-0.2, 0) is 11.4 Å². The lowest BCUT2D eigenvalue weighted by Gasteiger charge is -2.15. The number of hydrogen-bond donors (Lipinski definition) is 1. The number of alkyl halides is 1. The van der Waals surface area contributed by atoms with Gasteiger partial charge in [-0.15, -0.1) is 0 Å². The molecule has 1 amide bonds. The van der Waals surface area contributed by atoms with Gasteiger partial charge < -0.3 is 14.7 Å². The van der Waals surface area contributed by atoms with Gasteiger partial charge in [0.05, 0.1) is 13.2 Å². The van der Waals surface area contributed by atoms with Crippen molar-refractivity contribution in [1.29, 1.82) is 0 Å². The van der Waals surface area contributed by atoms with Gasteiger partial charge in [0.1, 0.15) is 11.9 Å². The number of carbonyl (C=O) groups excluding carboxylic acids is 1. The number of aliphatic hydroxyl groups excluding tert-OH is 1. The highest BCUT2D eigenvalue weighted by Crippen LogP contribution is 2.15. The molecule has 1 heterocycles. The standard InChI is InChI=1S/C13H16FNO3/c14-11-4-5-15(7-11)13(17)9-18-12-3-1-2-10(6-12)8-16/h1-3,6,11,16H,4-5,7-9H2. The predicted octanol–water partition coefficient (Wildman–Crippen LogP) is 1.13. The van der Waals surface area contributed by atoms with E-state index in [0.29, 0.717) is 18.7 Å². The number of hydrogen-bond acceptors (Lipinski definition) is 3. The van der Waals surface area contributed by atoms with Crippen LogP contribution in [0.25, 0.3) is 0 Å². The minimum Gasteiger partial charge on any atom is -0.484 e. The van der Waals surface area contributed by atoms with Gasteiger partial charge in [0, 0.05) is 6.54 Å². The molecule has 0 aromatic heterocycles. The third kappa shape index (κ3) is 3.20. The summed E-state index contributed by atoms with van der Waals surface area (Å²) in [6.45, 7) is 0.460. The Hall–Kier alpha value is -1.62. The highest BCUT2D eigenvalue weighted by molar-refractivity contribution is 5.78. The minimum atomic E-state index is -0.910. The van der Waals surface area contributed by atoms with E-state index in [-0.39, 0.29) is 25.7 Å². The quantitative estimate of drug-likeness (QED) is 0.875. The van der Waals surface area contributed by atoms with E-state index in [1.807, 2.05) is 0 Å². The van der Waals surface area contributed by atoms with Crippen molar-refractivity contribution in [2.45, 2.75) is 19.2 Å². The summed E-state index contributed by atoms with van der Waals surface area (Å²) in [6.07, 6.45) is -0.502. The fraction of sp³-hybridized carbons (Fsp3) is 0.462. The molecular weight excluding hydrogens is 237 g/mol. The molecule has 5 heteroatoms. The summed E-state index contributed by atoms with van der Waals surface area (Å²) in [5, 5.41) is 8.97. The normalized spacial score (nSPS) is 19.0. The molecule has 1 atom stereocenters. The van der Waals surface area contributed by atoms with Gasteiger partial charge in [-0.3, -0.25) is 4.79 Å². The molecule has 4 nitrogen and oxygen atoms in total. The minimum absolute atomic E-state index is 0.0686. The largest absolute Gasteiger partial charge is 0.484 e. The van der Waals surface area contributed by atoms with E-state index >= 15 is 0 Å². The van der Waals surface area contributed by atoms with E-state index in [2.05, 4.69) is 0 Å². The number of ether oxygens (including phenoxy) is 1. The van der Waals surface area contributed by atoms with Crippen molar-refractivity contribution in [3.05, 3.63) is 29.8 Å². The molecule has 0 aliphatic carbocycles. The second-order valence-corrected chi connectivity index (χ2v) is 4.32. The summed E-state index contributed by atoms with van der Waals surface area (Å²) in [4.78, 5) is 13.2. The maximum atomic E-state index is 12.9. The third-order valence-electron chi connectivity index (χ3n) is 2.93. The van der Waals surface area contributed by atoms with Gasteiger partial charge in [0.2, 0.25) is 0 Å². The summed E-state index contributed by atoms with van der Waals surface area (Å²) in [5.74, 6) is 0.329. The molecule has 1 aromatic carbocycles. The number of aliphatic hydroxyl groups is 1. The van der Waals surface area contributed by atoms with Crippen LogP contribution in [-0.4, -0.2) is 41.8 Å². The zero-order valence-corrected chi connectivity index (χ0v) is 10.0. The monoisotopic (exact) mass is 253 g/mol. The fourth-order valence-electron chi connectivity index (χ4n) is 1.91. The SMILES string of the molecule is O=C(COc1cccc(CO)c1)N1CCC(F)C1. The van der Waals surface area contributed by atoms with Crippen molar-refractivity contribution >= 4 is 5.91 Å². The Morgan fingerprint density at radius 3 is 3.06 bits per heavy atom. The molecule has 1 aliphatic rings. The number of rotatable bonds is 4. The Kier molecular flexibility index (Phi) is 4.15. The number of benzene rings is 1. The molecule has 1 aromatic rings. The van der Waals surface area contributed by atoms with Gasteiger partial charge in [0.15, 0.2) is 6.61 Å². The van der Waals surface area contributed by atoms with E-state index in [9.17, 15) is 9.18 Å². The molecule has 0 radical (unpaired) electrons. The smallest absolute Gasteiger partial charge is 0.260 e. The first-order valence-electron chi connectivity index (χ1n) is 5.93. The summed E-state index contributed by atoms with van der Waals surface area (Å²) in [6, 6.07) is 6.91. The van der Waals surface area contributed by atoms with Crippen molar-refractivity contribution in [3.63, 3.8) is 0 Å². The first-order chi connectivity index (χ1) is 8.69. The average Bonchev–Trinajstić information content (AvgIpc) is 2.83. The highest BCUT2D eigenvalue weighted by atomic mass is 19.1. The maximum absolute atomic E-state index is 12.9. The molecule has 1 unspecified atom stereocenters. The molecule has 1 N–H and O–H groups in total. The summed E-state index contributed by atoms with van der Waals surface area (Å²) < 4.78 is 18.3. The van der Waals surface area contributed by atoms with Crippen LogP contribution in [0.5, 0.6) is 5.75 Å². The van der Waals surface area contributed by atoms with Crippen molar-refractivity contribution < 1.29 is 19.0 Å². The fourth-order valence-corrected chi connectivity index (χ4v) is 1.91. The lowest BCUT2D eigenvalue weighted by Crippen LogP contribution is -2.33. The van der Waals surface area contributed by atoms with Crippen LogP contribution in [0.3, 0.4) is 0 Å². The molecule has 18 heavy (non-hydrogen) atoms. The molecule has 2 rings (SSSR count). The van der Waals surface area contributed by atoms with Gasteiger partial charge in [0.25, 0.3) is 5.91 Å². The molecule has 0 bridgehead atoms. The van der Waals surface area contributed by atoms with E-state index in [0.717, 1.165) is 5.56 Å². The first kappa shape index (κ1) is 12.8. The maximum Gasteiger partial charge on any atom is 0.260 e. The Labute approximate surface area is 105 Å². The van der Waals surface area contributed by atoms with Crippen LogP contribution in [0.4, 0.5) is 4.39 Å². The Morgan fingerprint density at radius 1 is 1.56 bits per heavy atom. The number of likely N-dealkylation sites (tertiary alicyclic amines) is 1. The molecule has 0 spiro atoms. The van der Waals surface area contributed by atoms with E-state index in [1.165, 1.54) is 4.90 Å². The molecule has 98 valence electrons. The van der Waals surface area contributed by atoms with E-state index < -0.39 is 6.17 Å². The van der Waals surface area contributed by atoms with Crippen molar-refractivity contribution in [2.75, 3.05) is 19.7 Å². The van der Waals surface area contributed by atoms with Crippen LogP contribution in [0.15, 0.2) is 24.3 Å². The van der Waals surface area contributed by atoms with E-state index in [4.69, 9.17) is 9.84 Å². The first-order valence-corrected chi connectivity index (χ1v) is 5.93. The van der Waals surface area contributed by atoms with Crippen LogP contribution in [0.1, 0.15) is 12.0 Å². The number of carbonyl (C=O) groups is 1. The van der Waals surface area contributed by atoms with Crippen LogP contribution in [0.2, 0.25) is 0 Å². The Morgan fingerprint density at radius 2 is 2.39 bits per heavy atom. The number of nitrogens with zero attached hydrogens (tertiary/aromatic N) is 1. The lowest BCUT2D eigenvalue weighted by molar-refractivity contribution is -0.132. The zero-order valence-electron chi connectivity index (χ0n) is 10.0. The van der Waals surface area contributed by atoms with Gasteiger partial charge in [-0.2, -0.15) is 0 Å².